The Kier molecular flexibility index (Phi) is 3.03. The monoisotopic (exact) mass is 197 g/mol. The molecule has 0 radical (unpaired) electrons. The fourth-order valence-corrected chi connectivity index (χ4v) is 1.26. The molecule has 0 aliphatic carbocycles. The number of thiazole rings is 1. The highest BCUT2D eigenvalue weighted by molar-refractivity contribution is 7.09. The van der Waals surface area contributed by atoms with Crippen molar-refractivity contribution >= 4 is 17.2 Å². The van der Waals surface area contributed by atoms with Crippen LogP contribution in [0, 0.1) is 5.41 Å². The van der Waals surface area contributed by atoms with Gasteiger partial charge in [0.2, 0.25) is 0 Å². The first-order valence-corrected chi connectivity index (χ1v) is 5.07. The minimum absolute atomic E-state index is 0.0444. The topological polar surface area (TPSA) is 51.3 Å². The molecule has 1 aromatic rings. The average molecular weight is 197 g/mol. The fourth-order valence-electron chi connectivity index (χ4n) is 0.721. The van der Waals surface area contributed by atoms with Crippen molar-refractivity contribution in [3.8, 4) is 0 Å². The Morgan fingerprint density at radius 2 is 2.31 bits per heavy atom. The first-order chi connectivity index (χ1) is 6.00. The normalized spacial score (nSPS) is 13.3. The van der Waals surface area contributed by atoms with E-state index >= 15 is 0 Å². The summed E-state index contributed by atoms with van der Waals surface area (Å²) in [5, 5.41) is 2.95. The van der Waals surface area contributed by atoms with Crippen molar-refractivity contribution in [1.82, 2.24) is 4.98 Å². The third kappa shape index (κ3) is 3.14. The standard InChI is InChI=1S/C9H15N3S/c1-9(2,3)8(10)12-6-7-11-4-5-13-7/h4-5H,6H2,1-3H3,(H2,10,12). The summed E-state index contributed by atoms with van der Waals surface area (Å²) in [4.78, 5) is 8.41. The lowest BCUT2D eigenvalue weighted by molar-refractivity contribution is 0.581. The van der Waals surface area contributed by atoms with Gasteiger partial charge in [-0.25, -0.2) is 4.98 Å². The van der Waals surface area contributed by atoms with Crippen LogP contribution in [0.15, 0.2) is 16.6 Å². The Hall–Kier alpha value is -0.900. The lowest BCUT2D eigenvalue weighted by Gasteiger charge is -2.16. The molecule has 1 aromatic heterocycles. The second kappa shape index (κ2) is 3.87. The molecule has 0 fully saturated rings. The predicted octanol–water partition coefficient (Wildman–Crippen LogP) is 2.05. The van der Waals surface area contributed by atoms with Crippen LogP contribution in [0.2, 0.25) is 0 Å². The van der Waals surface area contributed by atoms with E-state index in [0.29, 0.717) is 12.4 Å². The highest BCUT2D eigenvalue weighted by atomic mass is 32.1. The minimum atomic E-state index is -0.0444. The molecule has 0 aromatic carbocycles. The van der Waals surface area contributed by atoms with E-state index in [-0.39, 0.29) is 5.41 Å². The first kappa shape index (κ1) is 10.2. The maximum absolute atomic E-state index is 5.79. The van der Waals surface area contributed by atoms with Crippen molar-refractivity contribution in [3.05, 3.63) is 16.6 Å². The second-order valence-electron chi connectivity index (χ2n) is 3.88. The summed E-state index contributed by atoms with van der Waals surface area (Å²) in [7, 11) is 0. The maximum Gasteiger partial charge on any atom is 0.114 e. The van der Waals surface area contributed by atoms with Gasteiger partial charge in [-0.1, -0.05) is 20.8 Å². The third-order valence-electron chi connectivity index (χ3n) is 1.64. The maximum atomic E-state index is 5.79. The lowest BCUT2D eigenvalue weighted by Crippen LogP contribution is -2.28. The molecule has 4 heteroatoms. The molecule has 0 spiro atoms. The van der Waals surface area contributed by atoms with Crippen LogP contribution >= 0.6 is 11.3 Å². The summed E-state index contributed by atoms with van der Waals surface area (Å²) in [6, 6.07) is 0. The zero-order chi connectivity index (χ0) is 9.90. The van der Waals surface area contributed by atoms with E-state index in [9.17, 15) is 0 Å². The van der Waals surface area contributed by atoms with E-state index in [1.54, 1.807) is 17.5 Å². The van der Waals surface area contributed by atoms with Gasteiger partial charge in [-0.05, 0) is 0 Å². The van der Waals surface area contributed by atoms with Crippen molar-refractivity contribution in [2.24, 2.45) is 16.1 Å². The van der Waals surface area contributed by atoms with E-state index < -0.39 is 0 Å². The Morgan fingerprint density at radius 3 is 2.77 bits per heavy atom. The summed E-state index contributed by atoms with van der Waals surface area (Å²) in [5.41, 5.74) is 5.75. The molecule has 72 valence electrons. The number of hydrogen-bond donors (Lipinski definition) is 1. The van der Waals surface area contributed by atoms with Gasteiger partial charge in [-0.15, -0.1) is 11.3 Å². The molecule has 0 unspecified atom stereocenters. The zero-order valence-electron chi connectivity index (χ0n) is 8.24. The van der Waals surface area contributed by atoms with Gasteiger partial charge < -0.3 is 5.73 Å². The number of hydrogen-bond acceptors (Lipinski definition) is 3. The van der Waals surface area contributed by atoms with E-state index in [2.05, 4.69) is 9.98 Å². The van der Waals surface area contributed by atoms with Gasteiger partial charge in [-0.2, -0.15) is 0 Å². The predicted molar refractivity (Wildman–Crippen MR) is 56.9 cm³/mol. The van der Waals surface area contributed by atoms with Crippen molar-refractivity contribution in [1.29, 1.82) is 0 Å². The van der Waals surface area contributed by atoms with Crippen LogP contribution in [-0.4, -0.2) is 10.8 Å². The first-order valence-electron chi connectivity index (χ1n) is 4.19. The molecular formula is C9H15N3S. The quantitative estimate of drug-likeness (QED) is 0.582. The van der Waals surface area contributed by atoms with Crippen molar-refractivity contribution in [2.75, 3.05) is 0 Å². The zero-order valence-corrected chi connectivity index (χ0v) is 9.06. The van der Waals surface area contributed by atoms with Gasteiger partial charge in [0.1, 0.15) is 5.01 Å². The number of aliphatic imine (C=N–C) groups is 1. The van der Waals surface area contributed by atoms with Crippen LogP contribution in [0.4, 0.5) is 0 Å². The van der Waals surface area contributed by atoms with Gasteiger partial charge in [0, 0.05) is 17.0 Å². The minimum Gasteiger partial charge on any atom is -0.387 e. The van der Waals surface area contributed by atoms with Crippen molar-refractivity contribution < 1.29 is 0 Å². The van der Waals surface area contributed by atoms with Gasteiger partial charge in [0.05, 0.1) is 12.4 Å². The average Bonchev–Trinajstić information content (AvgIpc) is 2.50. The summed E-state index contributed by atoms with van der Waals surface area (Å²) >= 11 is 1.60. The number of rotatable bonds is 2. The lowest BCUT2D eigenvalue weighted by atomic mass is 9.95. The van der Waals surface area contributed by atoms with Crippen LogP contribution in [0.1, 0.15) is 25.8 Å². The molecule has 0 saturated carbocycles. The Labute approximate surface area is 82.7 Å². The summed E-state index contributed by atoms with van der Waals surface area (Å²) in [6.07, 6.45) is 1.78. The van der Waals surface area contributed by atoms with Crippen molar-refractivity contribution in [3.63, 3.8) is 0 Å². The third-order valence-corrected chi connectivity index (χ3v) is 2.40. The number of amidine groups is 1. The van der Waals surface area contributed by atoms with Crippen LogP contribution < -0.4 is 5.73 Å². The van der Waals surface area contributed by atoms with Crippen LogP contribution in [-0.2, 0) is 6.54 Å². The molecule has 0 amide bonds. The number of nitrogens with two attached hydrogens (primary N) is 1. The molecule has 13 heavy (non-hydrogen) atoms. The number of nitrogens with zero attached hydrogens (tertiary/aromatic N) is 2. The molecular weight excluding hydrogens is 182 g/mol. The molecule has 0 aliphatic rings. The van der Waals surface area contributed by atoms with Crippen LogP contribution in [0.3, 0.4) is 0 Å². The molecule has 2 N–H and O–H groups in total. The van der Waals surface area contributed by atoms with Crippen molar-refractivity contribution in [2.45, 2.75) is 27.3 Å². The molecule has 1 rings (SSSR count). The number of aromatic nitrogens is 1. The van der Waals surface area contributed by atoms with E-state index in [1.807, 2.05) is 26.2 Å². The summed E-state index contributed by atoms with van der Waals surface area (Å²) in [6.45, 7) is 6.75. The molecule has 3 nitrogen and oxygen atoms in total. The largest absolute Gasteiger partial charge is 0.387 e. The summed E-state index contributed by atoms with van der Waals surface area (Å²) < 4.78 is 0. The van der Waals surface area contributed by atoms with Crippen LogP contribution in [0.25, 0.3) is 0 Å². The highest BCUT2D eigenvalue weighted by Crippen LogP contribution is 2.14. The van der Waals surface area contributed by atoms with E-state index in [4.69, 9.17) is 5.73 Å². The Balaban J connectivity index is 2.59. The second-order valence-corrected chi connectivity index (χ2v) is 4.86. The van der Waals surface area contributed by atoms with Crippen LogP contribution in [0.5, 0.6) is 0 Å². The van der Waals surface area contributed by atoms with Gasteiger partial charge in [0.25, 0.3) is 0 Å². The highest BCUT2D eigenvalue weighted by Gasteiger charge is 2.14. The summed E-state index contributed by atoms with van der Waals surface area (Å²) in [5.74, 6) is 0.683. The van der Waals surface area contributed by atoms with Gasteiger partial charge in [-0.3, -0.25) is 4.99 Å². The van der Waals surface area contributed by atoms with E-state index in [1.165, 1.54) is 0 Å². The van der Waals surface area contributed by atoms with Gasteiger partial charge >= 0.3 is 0 Å². The Bertz CT molecular complexity index is 282. The molecule has 0 bridgehead atoms. The fraction of sp³-hybridized carbons (Fsp3) is 0.556. The van der Waals surface area contributed by atoms with E-state index in [0.717, 1.165) is 5.01 Å². The molecule has 0 atom stereocenters. The molecule has 0 saturated heterocycles. The molecule has 1 heterocycles. The SMILES string of the molecule is CC(C)(C)C(N)=NCc1nccs1. The molecule has 0 aliphatic heterocycles. The Morgan fingerprint density at radius 1 is 1.62 bits per heavy atom. The smallest absolute Gasteiger partial charge is 0.114 e. The van der Waals surface area contributed by atoms with Gasteiger partial charge in [0.15, 0.2) is 0 Å².